The van der Waals surface area contributed by atoms with Crippen LogP contribution in [0.3, 0.4) is 0 Å². The summed E-state index contributed by atoms with van der Waals surface area (Å²) in [6.45, 7) is 3.12. The summed E-state index contributed by atoms with van der Waals surface area (Å²) in [6.07, 6.45) is 2.66. The number of nitrogens with zero attached hydrogens (tertiary/aromatic N) is 2. The van der Waals surface area contributed by atoms with Gasteiger partial charge in [-0.1, -0.05) is 15.9 Å². The molecule has 1 aliphatic rings. The van der Waals surface area contributed by atoms with Crippen molar-refractivity contribution in [1.29, 1.82) is 0 Å². The SMILES string of the molecule is CN=C(NCCOc1ccc(Br)cc1)N1CCC(CC(=O)NC)CC1. The predicted octanol–water partition coefficient (Wildman–Crippen LogP) is 2.25. The van der Waals surface area contributed by atoms with Gasteiger partial charge in [0.2, 0.25) is 5.91 Å². The highest BCUT2D eigenvalue weighted by Crippen LogP contribution is 2.20. The van der Waals surface area contributed by atoms with Crippen molar-refractivity contribution in [2.45, 2.75) is 19.3 Å². The number of benzene rings is 1. The second-order valence-corrected chi connectivity index (χ2v) is 7.00. The van der Waals surface area contributed by atoms with E-state index in [0.29, 0.717) is 25.5 Å². The summed E-state index contributed by atoms with van der Waals surface area (Å²) in [6, 6.07) is 7.81. The minimum absolute atomic E-state index is 0.131. The summed E-state index contributed by atoms with van der Waals surface area (Å²) in [5.41, 5.74) is 0. The third-order valence-corrected chi connectivity index (χ3v) is 4.87. The zero-order valence-corrected chi connectivity index (χ0v) is 16.5. The number of rotatable bonds is 6. The molecule has 2 N–H and O–H groups in total. The summed E-state index contributed by atoms with van der Waals surface area (Å²) in [7, 11) is 3.49. The molecule has 0 unspecified atom stereocenters. The number of nitrogens with one attached hydrogen (secondary N) is 2. The van der Waals surface area contributed by atoms with Gasteiger partial charge in [0.1, 0.15) is 12.4 Å². The Morgan fingerprint density at radius 1 is 1.32 bits per heavy atom. The number of hydrogen-bond acceptors (Lipinski definition) is 3. The zero-order chi connectivity index (χ0) is 18.1. The Kier molecular flexibility index (Phi) is 8.04. The number of ether oxygens (including phenoxy) is 1. The van der Waals surface area contributed by atoms with Crippen LogP contribution in [-0.4, -0.2) is 57.1 Å². The summed E-state index contributed by atoms with van der Waals surface area (Å²) >= 11 is 3.41. The van der Waals surface area contributed by atoms with E-state index in [-0.39, 0.29) is 5.91 Å². The smallest absolute Gasteiger partial charge is 0.220 e. The van der Waals surface area contributed by atoms with Gasteiger partial charge in [-0.2, -0.15) is 0 Å². The third kappa shape index (κ3) is 6.57. The van der Waals surface area contributed by atoms with E-state index in [9.17, 15) is 4.79 Å². The molecule has 0 atom stereocenters. The van der Waals surface area contributed by atoms with E-state index in [1.165, 1.54) is 0 Å². The van der Waals surface area contributed by atoms with E-state index >= 15 is 0 Å². The van der Waals surface area contributed by atoms with E-state index in [0.717, 1.165) is 42.1 Å². The Hall–Kier alpha value is -1.76. The second-order valence-electron chi connectivity index (χ2n) is 6.08. The molecule has 1 amide bonds. The van der Waals surface area contributed by atoms with E-state index in [1.807, 2.05) is 24.3 Å². The van der Waals surface area contributed by atoms with Gasteiger partial charge in [-0.15, -0.1) is 0 Å². The highest BCUT2D eigenvalue weighted by Gasteiger charge is 2.22. The van der Waals surface area contributed by atoms with Gasteiger partial charge < -0.3 is 20.3 Å². The fraction of sp³-hybridized carbons (Fsp3) is 0.556. The number of guanidine groups is 1. The molecule has 25 heavy (non-hydrogen) atoms. The number of hydrogen-bond donors (Lipinski definition) is 2. The van der Waals surface area contributed by atoms with Gasteiger partial charge in [0.25, 0.3) is 0 Å². The van der Waals surface area contributed by atoms with Crippen molar-refractivity contribution >= 4 is 27.8 Å². The largest absolute Gasteiger partial charge is 0.492 e. The maximum absolute atomic E-state index is 11.5. The molecule has 0 aromatic heterocycles. The highest BCUT2D eigenvalue weighted by atomic mass is 79.9. The first-order valence-electron chi connectivity index (χ1n) is 8.67. The lowest BCUT2D eigenvalue weighted by Crippen LogP contribution is -2.46. The molecule has 138 valence electrons. The van der Waals surface area contributed by atoms with Gasteiger partial charge in [0, 0.05) is 38.1 Å². The molecule has 1 aromatic carbocycles. The summed E-state index contributed by atoms with van der Waals surface area (Å²) in [5, 5.41) is 6.05. The van der Waals surface area contributed by atoms with Crippen LogP contribution in [0.5, 0.6) is 5.75 Å². The number of likely N-dealkylation sites (tertiary alicyclic amines) is 1. The number of amides is 1. The second kappa shape index (κ2) is 10.3. The number of piperidine rings is 1. The average molecular weight is 411 g/mol. The van der Waals surface area contributed by atoms with Gasteiger partial charge in [-0.25, -0.2) is 0 Å². The van der Waals surface area contributed by atoms with Gasteiger partial charge in [0.05, 0.1) is 6.54 Å². The minimum atomic E-state index is 0.131. The van der Waals surface area contributed by atoms with Crippen molar-refractivity contribution in [2.24, 2.45) is 10.9 Å². The van der Waals surface area contributed by atoms with Crippen molar-refractivity contribution < 1.29 is 9.53 Å². The first kappa shape index (κ1) is 19.6. The number of carbonyl (C=O) groups excluding carboxylic acids is 1. The van der Waals surface area contributed by atoms with E-state index in [2.05, 4.69) is 36.5 Å². The molecular formula is C18H27BrN4O2. The first-order chi connectivity index (χ1) is 12.1. The fourth-order valence-corrected chi connectivity index (χ4v) is 3.17. The molecule has 1 fully saturated rings. The zero-order valence-electron chi connectivity index (χ0n) is 14.9. The van der Waals surface area contributed by atoms with Crippen LogP contribution in [0.25, 0.3) is 0 Å². The quantitative estimate of drug-likeness (QED) is 0.428. The van der Waals surface area contributed by atoms with Crippen LogP contribution >= 0.6 is 15.9 Å². The molecule has 6 nitrogen and oxygen atoms in total. The molecule has 1 saturated heterocycles. The van der Waals surface area contributed by atoms with Gasteiger partial charge >= 0.3 is 0 Å². The Morgan fingerprint density at radius 3 is 2.60 bits per heavy atom. The molecule has 1 aromatic rings. The van der Waals surface area contributed by atoms with E-state index < -0.39 is 0 Å². The molecule has 0 bridgehead atoms. The molecular weight excluding hydrogens is 384 g/mol. The first-order valence-corrected chi connectivity index (χ1v) is 9.46. The lowest BCUT2D eigenvalue weighted by atomic mass is 9.93. The van der Waals surface area contributed by atoms with Crippen LogP contribution in [0, 0.1) is 5.92 Å². The van der Waals surface area contributed by atoms with Crippen molar-refractivity contribution in [3.8, 4) is 5.75 Å². The molecule has 0 spiro atoms. The molecule has 0 aliphatic carbocycles. The normalized spacial score (nSPS) is 15.8. The lowest BCUT2D eigenvalue weighted by Gasteiger charge is -2.34. The Morgan fingerprint density at radius 2 is 2.00 bits per heavy atom. The van der Waals surface area contributed by atoms with Crippen LogP contribution in [0.1, 0.15) is 19.3 Å². The van der Waals surface area contributed by atoms with Crippen molar-refractivity contribution in [1.82, 2.24) is 15.5 Å². The van der Waals surface area contributed by atoms with Gasteiger partial charge in [-0.3, -0.25) is 9.79 Å². The van der Waals surface area contributed by atoms with Crippen LogP contribution in [-0.2, 0) is 4.79 Å². The molecule has 1 aliphatic heterocycles. The lowest BCUT2D eigenvalue weighted by molar-refractivity contribution is -0.121. The molecule has 1 heterocycles. The molecule has 2 rings (SSSR count). The van der Waals surface area contributed by atoms with Gasteiger partial charge in [0.15, 0.2) is 5.96 Å². The van der Waals surface area contributed by atoms with Crippen molar-refractivity contribution in [3.05, 3.63) is 28.7 Å². The van der Waals surface area contributed by atoms with Crippen LogP contribution in [0.15, 0.2) is 33.7 Å². The Bertz CT molecular complexity index is 569. The minimum Gasteiger partial charge on any atom is -0.492 e. The highest BCUT2D eigenvalue weighted by molar-refractivity contribution is 9.10. The summed E-state index contributed by atoms with van der Waals surface area (Å²) in [4.78, 5) is 18.1. The molecule has 0 radical (unpaired) electrons. The van der Waals surface area contributed by atoms with Crippen LogP contribution < -0.4 is 15.4 Å². The fourth-order valence-electron chi connectivity index (χ4n) is 2.91. The Balaban J connectivity index is 1.68. The topological polar surface area (TPSA) is 66.0 Å². The number of halogens is 1. The standard InChI is InChI=1S/C18H27BrN4O2/c1-20-17(24)13-14-7-10-23(11-8-14)18(21-2)22-9-12-25-16-5-3-15(19)4-6-16/h3-6,14H,7-13H2,1-2H3,(H,20,24)(H,21,22). The summed E-state index contributed by atoms with van der Waals surface area (Å²) in [5.74, 6) is 2.36. The molecule has 7 heteroatoms. The Labute approximate surface area is 158 Å². The van der Waals surface area contributed by atoms with E-state index in [4.69, 9.17) is 4.74 Å². The van der Waals surface area contributed by atoms with Crippen molar-refractivity contribution in [2.75, 3.05) is 40.3 Å². The number of carbonyl (C=O) groups is 1. The van der Waals surface area contributed by atoms with E-state index in [1.54, 1.807) is 14.1 Å². The van der Waals surface area contributed by atoms with Crippen LogP contribution in [0.2, 0.25) is 0 Å². The predicted molar refractivity (Wildman–Crippen MR) is 104 cm³/mol. The van der Waals surface area contributed by atoms with Crippen LogP contribution in [0.4, 0.5) is 0 Å². The third-order valence-electron chi connectivity index (χ3n) is 4.35. The monoisotopic (exact) mass is 410 g/mol. The summed E-state index contributed by atoms with van der Waals surface area (Å²) < 4.78 is 6.76. The maximum Gasteiger partial charge on any atom is 0.220 e. The average Bonchev–Trinajstić information content (AvgIpc) is 2.64. The van der Waals surface area contributed by atoms with Crippen molar-refractivity contribution in [3.63, 3.8) is 0 Å². The number of aliphatic imine (C=N–C) groups is 1. The van der Waals surface area contributed by atoms with Gasteiger partial charge in [-0.05, 0) is 43.0 Å². The molecule has 0 saturated carbocycles. The maximum atomic E-state index is 11.5.